The Kier molecular flexibility index (Phi) is 22.0. The van der Waals surface area contributed by atoms with E-state index in [1.807, 2.05) is 0 Å². The number of carbonyl (C=O) groups is 3. The van der Waals surface area contributed by atoms with E-state index in [-0.39, 0.29) is 12.6 Å². The van der Waals surface area contributed by atoms with Crippen molar-refractivity contribution in [1.82, 2.24) is 6.15 Å². The van der Waals surface area contributed by atoms with Gasteiger partial charge in [0.25, 0.3) is 0 Å². The van der Waals surface area contributed by atoms with Crippen molar-refractivity contribution < 1.29 is 24.2 Å². The van der Waals surface area contributed by atoms with Gasteiger partial charge in [-0.2, -0.15) is 0 Å². The van der Waals surface area contributed by atoms with Crippen LogP contribution in [0.15, 0.2) is 12.2 Å². The topological polar surface area (TPSA) is 116 Å². The minimum atomic E-state index is -1.25. The van der Waals surface area contributed by atoms with Crippen molar-refractivity contribution >= 4 is 17.9 Å². The fourth-order valence-corrected chi connectivity index (χ4v) is 2.98. The Morgan fingerprint density at radius 3 is 1.46 bits per heavy atom. The van der Waals surface area contributed by atoms with E-state index >= 15 is 0 Å². The Balaban J connectivity index is 0. The summed E-state index contributed by atoms with van der Waals surface area (Å²) in [5.41, 5.74) is 0. The fourth-order valence-electron chi connectivity index (χ4n) is 2.98. The summed E-state index contributed by atoms with van der Waals surface area (Å²) in [5.74, 6) is -2.77. The van der Waals surface area contributed by atoms with E-state index in [9.17, 15) is 14.4 Å². The largest absolute Gasteiger partial charge is 0.478 e. The number of unbranched alkanes of at least 4 members (excludes halogenated alkanes) is 14. The maximum atomic E-state index is 11.4. The monoisotopic (exact) mass is 399 g/mol. The SMILES string of the molecule is CCCCCCCCCCCCCCCCCC(=O)OC(=O)/C=C/C(=O)O.N. The van der Waals surface area contributed by atoms with Crippen LogP contribution in [-0.4, -0.2) is 23.0 Å². The van der Waals surface area contributed by atoms with E-state index in [2.05, 4.69) is 11.7 Å². The standard InChI is InChI=1S/C22H38O5.H3N/c1-2-3-4-5-6-7-8-9-10-11-12-13-14-15-16-17-21(25)27-22(26)19-18-20(23)24;/h18-19H,2-17H2,1H3,(H,23,24);1H3/b19-18+;. The Morgan fingerprint density at radius 2 is 1.07 bits per heavy atom. The van der Waals surface area contributed by atoms with E-state index in [1.165, 1.54) is 77.0 Å². The molecule has 0 rings (SSSR count). The average molecular weight is 400 g/mol. The molecule has 0 bridgehead atoms. The van der Waals surface area contributed by atoms with Crippen LogP contribution in [0.1, 0.15) is 110 Å². The Labute approximate surface area is 170 Å². The molecule has 0 saturated carbocycles. The lowest BCUT2D eigenvalue weighted by Gasteiger charge is -2.03. The molecule has 28 heavy (non-hydrogen) atoms. The summed E-state index contributed by atoms with van der Waals surface area (Å²) in [5, 5.41) is 8.37. The maximum Gasteiger partial charge on any atom is 0.338 e. The number of esters is 2. The van der Waals surface area contributed by atoms with Crippen LogP contribution in [-0.2, 0) is 19.1 Å². The van der Waals surface area contributed by atoms with Gasteiger partial charge in [0.1, 0.15) is 0 Å². The number of aliphatic carboxylic acids is 1. The summed E-state index contributed by atoms with van der Waals surface area (Å²) in [7, 11) is 0. The zero-order valence-electron chi connectivity index (χ0n) is 17.8. The molecule has 0 atom stereocenters. The Hall–Kier alpha value is -1.69. The third-order valence-electron chi connectivity index (χ3n) is 4.56. The smallest absolute Gasteiger partial charge is 0.338 e. The van der Waals surface area contributed by atoms with Crippen LogP contribution in [0.5, 0.6) is 0 Å². The summed E-state index contributed by atoms with van der Waals surface area (Å²) < 4.78 is 4.49. The second-order valence-corrected chi connectivity index (χ2v) is 7.16. The molecule has 0 unspecified atom stereocenters. The lowest BCUT2D eigenvalue weighted by Crippen LogP contribution is -2.10. The van der Waals surface area contributed by atoms with Gasteiger partial charge in [-0.3, -0.25) is 4.79 Å². The predicted molar refractivity (Wildman–Crippen MR) is 112 cm³/mol. The average Bonchev–Trinajstić information content (AvgIpc) is 2.63. The molecule has 0 heterocycles. The first-order valence-electron chi connectivity index (χ1n) is 10.7. The van der Waals surface area contributed by atoms with Crippen LogP contribution in [0.4, 0.5) is 0 Å². The van der Waals surface area contributed by atoms with E-state index in [4.69, 9.17) is 5.11 Å². The van der Waals surface area contributed by atoms with Gasteiger partial charge < -0.3 is 16.0 Å². The number of carbonyl (C=O) groups excluding carboxylic acids is 2. The molecule has 0 radical (unpaired) electrons. The van der Waals surface area contributed by atoms with Gasteiger partial charge in [0.2, 0.25) is 0 Å². The molecule has 0 aliphatic carbocycles. The normalized spacial score (nSPS) is 10.6. The highest BCUT2D eigenvalue weighted by Gasteiger charge is 2.07. The van der Waals surface area contributed by atoms with Gasteiger partial charge in [-0.15, -0.1) is 0 Å². The van der Waals surface area contributed by atoms with E-state index in [1.54, 1.807) is 0 Å². The van der Waals surface area contributed by atoms with Gasteiger partial charge in [0.15, 0.2) is 0 Å². The zero-order chi connectivity index (χ0) is 20.2. The molecule has 0 spiro atoms. The van der Waals surface area contributed by atoms with Crippen molar-refractivity contribution in [2.75, 3.05) is 0 Å². The molecule has 0 aromatic rings. The Morgan fingerprint density at radius 1 is 0.679 bits per heavy atom. The molecular weight excluding hydrogens is 358 g/mol. The van der Waals surface area contributed by atoms with Crippen molar-refractivity contribution in [3.8, 4) is 0 Å². The summed E-state index contributed by atoms with van der Waals surface area (Å²) >= 11 is 0. The van der Waals surface area contributed by atoms with Crippen molar-refractivity contribution in [3.63, 3.8) is 0 Å². The summed E-state index contributed by atoms with van der Waals surface area (Å²) in [6.45, 7) is 2.25. The molecule has 0 aromatic carbocycles. The van der Waals surface area contributed by atoms with Crippen LogP contribution in [0.25, 0.3) is 0 Å². The van der Waals surface area contributed by atoms with Crippen molar-refractivity contribution in [1.29, 1.82) is 0 Å². The van der Waals surface area contributed by atoms with Gasteiger partial charge in [-0.1, -0.05) is 96.8 Å². The van der Waals surface area contributed by atoms with Crippen LogP contribution >= 0.6 is 0 Å². The van der Waals surface area contributed by atoms with Crippen molar-refractivity contribution in [2.45, 2.75) is 110 Å². The highest BCUT2D eigenvalue weighted by molar-refractivity contribution is 5.95. The first-order chi connectivity index (χ1) is 13.1. The van der Waals surface area contributed by atoms with Crippen LogP contribution < -0.4 is 6.15 Å². The van der Waals surface area contributed by atoms with E-state index < -0.39 is 17.9 Å². The van der Waals surface area contributed by atoms with Gasteiger partial charge in [0.05, 0.1) is 0 Å². The molecule has 0 amide bonds. The van der Waals surface area contributed by atoms with Gasteiger partial charge in [0, 0.05) is 18.6 Å². The van der Waals surface area contributed by atoms with Gasteiger partial charge in [-0.25, -0.2) is 9.59 Å². The molecule has 4 N–H and O–H groups in total. The third kappa shape index (κ3) is 22.4. The number of carboxylic acids is 1. The molecule has 6 heteroatoms. The second-order valence-electron chi connectivity index (χ2n) is 7.16. The van der Waals surface area contributed by atoms with Crippen molar-refractivity contribution in [2.24, 2.45) is 0 Å². The number of carboxylic acid groups (broad SMARTS) is 1. The highest BCUT2D eigenvalue weighted by Crippen LogP contribution is 2.13. The molecule has 6 nitrogen and oxygen atoms in total. The van der Waals surface area contributed by atoms with Gasteiger partial charge in [-0.05, 0) is 6.42 Å². The van der Waals surface area contributed by atoms with Gasteiger partial charge >= 0.3 is 17.9 Å². The molecule has 0 fully saturated rings. The molecular formula is C22H41NO5. The lowest BCUT2D eigenvalue weighted by molar-refractivity contribution is -0.156. The van der Waals surface area contributed by atoms with Crippen LogP contribution in [0.2, 0.25) is 0 Å². The number of hydrogen-bond acceptors (Lipinski definition) is 5. The molecule has 0 aliphatic heterocycles. The number of hydrogen-bond donors (Lipinski definition) is 2. The number of ether oxygens (including phenoxy) is 1. The highest BCUT2D eigenvalue weighted by atomic mass is 16.6. The minimum Gasteiger partial charge on any atom is -0.478 e. The third-order valence-corrected chi connectivity index (χ3v) is 4.56. The van der Waals surface area contributed by atoms with E-state index in [0.717, 1.165) is 18.9 Å². The molecule has 0 saturated heterocycles. The summed E-state index contributed by atoms with van der Waals surface area (Å²) in [6.07, 6.45) is 20.4. The maximum absolute atomic E-state index is 11.4. The minimum absolute atomic E-state index is 0. The quantitative estimate of drug-likeness (QED) is 0.124. The summed E-state index contributed by atoms with van der Waals surface area (Å²) in [4.78, 5) is 32.8. The van der Waals surface area contributed by atoms with Crippen LogP contribution in [0, 0.1) is 0 Å². The van der Waals surface area contributed by atoms with Crippen molar-refractivity contribution in [3.05, 3.63) is 12.2 Å². The Bertz CT molecular complexity index is 435. The second kappa shape index (κ2) is 21.6. The summed E-state index contributed by atoms with van der Waals surface area (Å²) in [6, 6.07) is 0. The lowest BCUT2D eigenvalue weighted by atomic mass is 10.0. The number of rotatable bonds is 18. The predicted octanol–water partition coefficient (Wildman–Crippen LogP) is 6.12. The first kappa shape index (κ1) is 28.5. The molecule has 164 valence electrons. The fraction of sp³-hybridized carbons (Fsp3) is 0.773. The molecule has 0 aliphatic rings. The van der Waals surface area contributed by atoms with E-state index in [0.29, 0.717) is 12.5 Å². The zero-order valence-corrected chi connectivity index (χ0v) is 17.8. The van der Waals surface area contributed by atoms with Crippen LogP contribution in [0.3, 0.4) is 0 Å². The first-order valence-corrected chi connectivity index (χ1v) is 10.7. The molecule has 0 aromatic heterocycles.